The number of benzene rings is 3. The van der Waals surface area contributed by atoms with Crippen LogP contribution in [0.4, 0.5) is 0 Å². The fourth-order valence-electron chi connectivity index (χ4n) is 3.45. The minimum absolute atomic E-state index is 0.224. The van der Waals surface area contributed by atoms with E-state index in [0.29, 0.717) is 28.0 Å². The Hall–Kier alpha value is -4.32. The summed E-state index contributed by atoms with van der Waals surface area (Å²) in [6, 6.07) is 21.5. The third-order valence-electron chi connectivity index (χ3n) is 4.93. The van der Waals surface area contributed by atoms with Crippen LogP contribution in [-0.4, -0.2) is 25.7 Å². The highest BCUT2D eigenvalue weighted by Gasteiger charge is 2.23. The Morgan fingerprint density at radius 3 is 2.48 bits per heavy atom. The van der Waals surface area contributed by atoms with Crippen molar-refractivity contribution in [3.8, 4) is 22.8 Å². The number of para-hydroxylation sites is 1. The van der Waals surface area contributed by atoms with E-state index in [1.807, 2.05) is 48.5 Å². The molecule has 0 amide bonds. The first kappa shape index (κ1) is 21.9. The molecule has 0 N–H and O–H groups in total. The second kappa shape index (κ2) is 9.87. The number of hydrogen-bond donors (Lipinski definition) is 0. The van der Waals surface area contributed by atoms with Crippen molar-refractivity contribution >= 4 is 29.0 Å². The lowest BCUT2D eigenvalue weighted by molar-refractivity contribution is -0.128. The Bertz CT molecular complexity index is 1320. The van der Waals surface area contributed by atoms with Crippen LogP contribution in [0.1, 0.15) is 22.8 Å². The van der Waals surface area contributed by atoms with Gasteiger partial charge in [0.05, 0.1) is 13.7 Å². The molecule has 0 fully saturated rings. The van der Waals surface area contributed by atoms with E-state index in [0.717, 1.165) is 11.1 Å². The molecule has 0 saturated carbocycles. The molecule has 1 aromatic heterocycles. The van der Waals surface area contributed by atoms with Crippen molar-refractivity contribution in [1.29, 1.82) is 0 Å². The van der Waals surface area contributed by atoms with Crippen LogP contribution >= 0.6 is 0 Å². The van der Waals surface area contributed by atoms with Gasteiger partial charge in [-0.15, -0.1) is 0 Å². The Balaban J connectivity index is 1.66. The average molecular weight is 442 g/mol. The highest BCUT2D eigenvalue weighted by molar-refractivity contribution is 6.09. The molecule has 0 aliphatic carbocycles. The first-order chi connectivity index (χ1) is 16.1. The highest BCUT2D eigenvalue weighted by Crippen LogP contribution is 2.36. The van der Waals surface area contributed by atoms with Gasteiger partial charge >= 0.3 is 11.9 Å². The summed E-state index contributed by atoms with van der Waals surface area (Å²) in [6.07, 6.45) is 2.94. The second-order valence-electron chi connectivity index (χ2n) is 7.05. The SMILES string of the molecule is CCOC(=O)c1c(-c2ccccc2)oc2ccc(OC(=O)/C=C/c3ccccc3OC)cc12. The molecule has 0 spiro atoms. The number of carbonyl (C=O) groups is 2. The van der Waals surface area contributed by atoms with Gasteiger partial charge in [-0.2, -0.15) is 0 Å². The van der Waals surface area contributed by atoms with Gasteiger partial charge in [0.15, 0.2) is 0 Å². The number of carbonyl (C=O) groups excluding carboxylic acids is 2. The number of esters is 2. The van der Waals surface area contributed by atoms with Crippen LogP contribution in [0.2, 0.25) is 0 Å². The Morgan fingerprint density at radius 1 is 0.970 bits per heavy atom. The Labute approximate surface area is 191 Å². The molecule has 6 nitrogen and oxygen atoms in total. The normalized spacial score (nSPS) is 11.0. The van der Waals surface area contributed by atoms with Crippen molar-refractivity contribution in [2.45, 2.75) is 6.92 Å². The number of hydrogen-bond acceptors (Lipinski definition) is 6. The van der Waals surface area contributed by atoms with E-state index in [2.05, 4.69) is 0 Å². The standard InChI is InChI=1S/C27H22O6/c1-3-31-27(29)25-21-17-20(14-15-23(21)33-26(25)19-10-5-4-6-11-19)32-24(28)16-13-18-9-7-8-12-22(18)30-2/h4-17H,3H2,1-2H3/b16-13+. The van der Waals surface area contributed by atoms with E-state index in [-0.39, 0.29) is 12.4 Å². The van der Waals surface area contributed by atoms with Crippen molar-refractivity contribution in [2.24, 2.45) is 0 Å². The van der Waals surface area contributed by atoms with E-state index >= 15 is 0 Å². The van der Waals surface area contributed by atoms with Crippen molar-refractivity contribution < 1.29 is 28.2 Å². The minimum Gasteiger partial charge on any atom is -0.496 e. The maximum Gasteiger partial charge on any atom is 0.342 e. The van der Waals surface area contributed by atoms with E-state index in [4.69, 9.17) is 18.6 Å². The van der Waals surface area contributed by atoms with Crippen molar-refractivity contribution in [1.82, 2.24) is 0 Å². The molecule has 0 aliphatic rings. The van der Waals surface area contributed by atoms with Gasteiger partial charge in [-0.3, -0.25) is 0 Å². The molecule has 3 aromatic carbocycles. The van der Waals surface area contributed by atoms with Gasteiger partial charge in [0.1, 0.15) is 28.4 Å². The monoisotopic (exact) mass is 442 g/mol. The largest absolute Gasteiger partial charge is 0.496 e. The lowest BCUT2D eigenvalue weighted by Crippen LogP contribution is -2.06. The summed E-state index contributed by atoms with van der Waals surface area (Å²) < 4.78 is 22.0. The summed E-state index contributed by atoms with van der Waals surface area (Å²) in [5, 5.41) is 0.506. The third-order valence-corrected chi connectivity index (χ3v) is 4.93. The topological polar surface area (TPSA) is 75.0 Å². The van der Waals surface area contributed by atoms with Crippen LogP contribution in [0.15, 0.2) is 83.3 Å². The zero-order chi connectivity index (χ0) is 23.2. The zero-order valence-electron chi connectivity index (χ0n) is 18.2. The molecule has 0 bridgehead atoms. The lowest BCUT2D eigenvalue weighted by atomic mass is 10.1. The summed E-state index contributed by atoms with van der Waals surface area (Å²) in [4.78, 5) is 25.2. The Morgan fingerprint density at radius 2 is 1.73 bits per heavy atom. The first-order valence-corrected chi connectivity index (χ1v) is 10.4. The number of furan rings is 1. The van der Waals surface area contributed by atoms with Crippen LogP contribution in [-0.2, 0) is 9.53 Å². The molecule has 0 saturated heterocycles. The molecular formula is C27H22O6. The van der Waals surface area contributed by atoms with Crippen LogP contribution < -0.4 is 9.47 Å². The molecule has 4 aromatic rings. The summed E-state index contributed by atoms with van der Waals surface area (Å²) in [6.45, 7) is 1.96. The van der Waals surface area contributed by atoms with Gasteiger partial charge in [0.25, 0.3) is 0 Å². The van der Waals surface area contributed by atoms with E-state index in [1.165, 1.54) is 6.08 Å². The van der Waals surface area contributed by atoms with E-state index < -0.39 is 11.9 Å². The van der Waals surface area contributed by atoms with Gasteiger partial charge in [-0.05, 0) is 37.3 Å². The summed E-state index contributed by atoms with van der Waals surface area (Å²) in [5.41, 5.74) is 2.27. The number of methoxy groups -OCH3 is 1. The molecule has 4 rings (SSSR count). The second-order valence-corrected chi connectivity index (χ2v) is 7.05. The lowest BCUT2D eigenvalue weighted by Gasteiger charge is -2.05. The third kappa shape index (κ3) is 4.80. The van der Waals surface area contributed by atoms with E-state index in [9.17, 15) is 9.59 Å². The van der Waals surface area contributed by atoms with Crippen LogP contribution in [0.3, 0.4) is 0 Å². The van der Waals surface area contributed by atoms with Crippen LogP contribution in [0, 0.1) is 0 Å². The van der Waals surface area contributed by atoms with Crippen molar-refractivity contribution in [2.75, 3.05) is 13.7 Å². The maximum atomic E-state index is 12.8. The molecule has 33 heavy (non-hydrogen) atoms. The molecule has 0 aliphatic heterocycles. The fraction of sp³-hybridized carbons (Fsp3) is 0.111. The number of ether oxygens (including phenoxy) is 3. The van der Waals surface area contributed by atoms with Crippen LogP contribution in [0.5, 0.6) is 11.5 Å². The predicted octanol–water partition coefficient (Wildman–Crippen LogP) is 5.90. The molecular weight excluding hydrogens is 420 g/mol. The molecule has 0 radical (unpaired) electrons. The van der Waals surface area contributed by atoms with Gasteiger partial charge in [0, 0.05) is 22.6 Å². The average Bonchev–Trinajstić information content (AvgIpc) is 3.22. The maximum absolute atomic E-state index is 12.8. The molecule has 1 heterocycles. The summed E-state index contributed by atoms with van der Waals surface area (Å²) in [5.74, 6) is 0.264. The summed E-state index contributed by atoms with van der Waals surface area (Å²) >= 11 is 0. The molecule has 0 unspecified atom stereocenters. The van der Waals surface area contributed by atoms with E-state index in [1.54, 1.807) is 44.4 Å². The molecule has 166 valence electrons. The van der Waals surface area contributed by atoms with Gasteiger partial charge in [0.2, 0.25) is 0 Å². The Kier molecular flexibility index (Phi) is 6.55. The molecule has 6 heteroatoms. The fourth-order valence-corrected chi connectivity index (χ4v) is 3.45. The minimum atomic E-state index is -0.565. The van der Waals surface area contributed by atoms with Gasteiger partial charge in [-0.25, -0.2) is 9.59 Å². The number of fused-ring (bicyclic) bond motifs is 1. The molecule has 0 atom stereocenters. The van der Waals surface area contributed by atoms with Gasteiger partial charge in [-0.1, -0.05) is 48.5 Å². The summed E-state index contributed by atoms with van der Waals surface area (Å²) in [7, 11) is 1.57. The quantitative estimate of drug-likeness (QED) is 0.201. The zero-order valence-corrected chi connectivity index (χ0v) is 18.2. The number of rotatable bonds is 7. The predicted molar refractivity (Wildman–Crippen MR) is 125 cm³/mol. The van der Waals surface area contributed by atoms with Crippen molar-refractivity contribution in [3.63, 3.8) is 0 Å². The van der Waals surface area contributed by atoms with Crippen molar-refractivity contribution in [3.05, 3.63) is 90.0 Å². The van der Waals surface area contributed by atoms with Crippen LogP contribution in [0.25, 0.3) is 28.4 Å². The smallest absolute Gasteiger partial charge is 0.342 e. The highest BCUT2D eigenvalue weighted by atomic mass is 16.5. The van der Waals surface area contributed by atoms with Gasteiger partial charge < -0.3 is 18.6 Å². The first-order valence-electron chi connectivity index (χ1n) is 10.4.